The van der Waals surface area contributed by atoms with E-state index in [1.807, 2.05) is 0 Å². The Morgan fingerprint density at radius 2 is 2.00 bits per heavy atom. The number of amides is 1. The summed E-state index contributed by atoms with van der Waals surface area (Å²) in [4.78, 5) is 23.0. The number of carbonyl (C=O) groups is 2. The molecule has 24 heavy (non-hydrogen) atoms. The number of aliphatic hydroxyl groups is 3. The van der Waals surface area contributed by atoms with E-state index in [1.54, 1.807) is 20.8 Å². The highest BCUT2D eigenvalue weighted by atomic mass is 16.6. The lowest BCUT2D eigenvalue weighted by Crippen LogP contribution is -2.62. The Kier molecular flexibility index (Phi) is 6.55. The van der Waals surface area contributed by atoms with Gasteiger partial charge >= 0.3 is 12.1 Å². The molecule has 1 heterocycles. The predicted octanol–water partition coefficient (Wildman–Crippen LogP) is -1.71. The van der Waals surface area contributed by atoms with Crippen LogP contribution in [0.5, 0.6) is 0 Å². The number of carboxylic acids is 1. The van der Waals surface area contributed by atoms with Gasteiger partial charge in [-0.2, -0.15) is 0 Å². The molecule has 0 spiro atoms. The number of nitrogens with one attached hydrogen (secondary N) is 1. The summed E-state index contributed by atoms with van der Waals surface area (Å²) in [6.07, 6.45) is -4.48. The molecule has 7 N–H and O–H groups in total. The van der Waals surface area contributed by atoms with Crippen LogP contribution in [-0.2, 0) is 14.3 Å². The van der Waals surface area contributed by atoms with E-state index in [2.05, 4.69) is 5.32 Å². The molecular formula is C14H24N2O8. The maximum absolute atomic E-state index is 11.9. The summed E-state index contributed by atoms with van der Waals surface area (Å²) in [5, 5.41) is 40.0. The first-order valence-electron chi connectivity index (χ1n) is 7.30. The first-order valence-corrected chi connectivity index (χ1v) is 7.30. The summed E-state index contributed by atoms with van der Waals surface area (Å²) < 4.78 is 10.2. The molecule has 1 amide bonds. The van der Waals surface area contributed by atoms with E-state index in [4.69, 9.17) is 25.4 Å². The first-order chi connectivity index (χ1) is 11.0. The topological polar surface area (TPSA) is 172 Å². The summed E-state index contributed by atoms with van der Waals surface area (Å²) in [7, 11) is 0. The Morgan fingerprint density at radius 1 is 1.42 bits per heavy atom. The van der Waals surface area contributed by atoms with Gasteiger partial charge in [-0.3, -0.25) is 0 Å². The third-order valence-electron chi connectivity index (χ3n) is 3.19. The number of carboxylic acid groups (broad SMARTS) is 1. The largest absolute Gasteiger partial charge is 0.478 e. The Balaban J connectivity index is 3.02. The van der Waals surface area contributed by atoms with Gasteiger partial charge in [0.1, 0.15) is 23.9 Å². The van der Waals surface area contributed by atoms with Crippen molar-refractivity contribution in [2.24, 2.45) is 5.73 Å². The smallest absolute Gasteiger partial charge is 0.408 e. The molecule has 5 atom stereocenters. The molecule has 138 valence electrons. The molecule has 0 aromatic carbocycles. The van der Waals surface area contributed by atoms with Crippen molar-refractivity contribution >= 4 is 12.1 Å². The average molecular weight is 348 g/mol. The van der Waals surface area contributed by atoms with Crippen LogP contribution in [0.3, 0.4) is 0 Å². The second-order valence-electron chi connectivity index (χ2n) is 6.41. The van der Waals surface area contributed by atoms with Gasteiger partial charge in [-0.05, 0) is 26.8 Å². The van der Waals surface area contributed by atoms with E-state index in [0.29, 0.717) is 0 Å². The molecule has 1 aliphatic heterocycles. The third kappa shape index (κ3) is 5.34. The van der Waals surface area contributed by atoms with E-state index in [0.717, 1.165) is 6.08 Å². The number of hydrogen-bond donors (Lipinski definition) is 6. The highest BCUT2D eigenvalue weighted by Gasteiger charge is 2.43. The summed E-state index contributed by atoms with van der Waals surface area (Å²) in [6, 6.07) is -2.11. The minimum absolute atomic E-state index is 0.529. The van der Waals surface area contributed by atoms with Gasteiger partial charge in [0.15, 0.2) is 0 Å². The van der Waals surface area contributed by atoms with E-state index >= 15 is 0 Å². The number of hydrogen-bond acceptors (Lipinski definition) is 8. The average Bonchev–Trinajstić information content (AvgIpc) is 2.45. The Bertz CT molecular complexity index is 501. The fraction of sp³-hybridized carbons (Fsp3) is 0.714. The number of ether oxygens (including phenoxy) is 2. The van der Waals surface area contributed by atoms with Crippen LogP contribution in [-0.4, -0.2) is 75.1 Å². The van der Waals surface area contributed by atoms with Crippen molar-refractivity contribution in [1.82, 2.24) is 5.32 Å². The number of rotatable bonds is 5. The van der Waals surface area contributed by atoms with Crippen molar-refractivity contribution in [2.45, 2.75) is 56.8 Å². The molecule has 0 radical (unpaired) electrons. The zero-order valence-electron chi connectivity index (χ0n) is 13.7. The molecule has 0 saturated heterocycles. The number of aliphatic carboxylic acids is 1. The van der Waals surface area contributed by atoms with Gasteiger partial charge in [0.25, 0.3) is 0 Å². The minimum Gasteiger partial charge on any atom is -0.478 e. The second-order valence-corrected chi connectivity index (χ2v) is 6.41. The third-order valence-corrected chi connectivity index (χ3v) is 3.19. The summed E-state index contributed by atoms with van der Waals surface area (Å²) in [5.74, 6) is -1.95. The summed E-state index contributed by atoms with van der Waals surface area (Å²) in [6.45, 7) is 4.15. The van der Waals surface area contributed by atoms with Crippen LogP contribution in [0.25, 0.3) is 0 Å². The monoisotopic (exact) mass is 348 g/mol. The van der Waals surface area contributed by atoms with Crippen molar-refractivity contribution in [2.75, 3.05) is 6.61 Å². The van der Waals surface area contributed by atoms with E-state index in [9.17, 15) is 19.8 Å². The molecule has 0 fully saturated rings. The standard InChI is InChI=1S/C14H24N2O8/c1-14(2,3)24-13(22)16-9-6(15)4-8(12(20)21)23-11(9)10(19)7(18)5-17/h4,6-7,9-11,17-19H,5,15H2,1-3H3,(H,16,22)(H,20,21)/t6-,7+,9+,10+,11+/m0/s1. The van der Waals surface area contributed by atoms with Crippen LogP contribution in [0, 0.1) is 0 Å². The van der Waals surface area contributed by atoms with Crippen LogP contribution in [0.4, 0.5) is 4.79 Å². The highest BCUT2D eigenvalue weighted by molar-refractivity contribution is 5.84. The number of nitrogens with two attached hydrogens (primary N) is 1. The van der Waals surface area contributed by atoms with Crippen LogP contribution in [0.15, 0.2) is 11.8 Å². The lowest BCUT2D eigenvalue weighted by Gasteiger charge is -2.38. The fourth-order valence-electron chi connectivity index (χ4n) is 2.11. The minimum atomic E-state index is -1.69. The van der Waals surface area contributed by atoms with Crippen LogP contribution < -0.4 is 11.1 Å². The summed E-state index contributed by atoms with van der Waals surface area (Å²) in [5.41, 5.74) is 5.06. The molecule has 0 unspecified atom stereocenters. The van der Waals surface area contributed by atoms with Gasteiger partial charge in [0, 0.05) is 0 Å². The molecule has 1 rings (SSSR count). The van der Waals surface area contributed by atoms with E-state index in [1.165, 1.54) is 0 Å². The van der Waals surface area contributed by atoms with E-state index in [-0.39, 0.29) is 0 Å². The lowest BCUT2D eigenvalue weighted by atomic mass is 9.93. The summed E-state index contributed by atoms with van der Waals surface area (Å²) >= 11 is 0. The quantitative estimate of drug-likeness (QED) is 0.338. The van der Waals surface area contributed by atoms with Gasteiger partial charge in [0.05, 0.1) is 18.7 Å². The fourth-order valence-corrected chi connectivity index (χ4v) is 2.11. The number of carbonyl (C=O) groups excluding carboxylic acids is 1. The second kappa shape index (κ2) is 7.79. The maximum atomic E-state index is 11.9. The van der Waals surface area contributed by atoms with E-state index < -0.39 is 60.4 Å². The Hall–Kier alpha value is -1.88. The highest BCUT2D eigenvalue weighted by Crippen LogP contribution is 2.22. The SMILES string of the molecule is CC(C)(C)OC(=O)N[C@H]1[C@H]([C@H](O)[C@H](O)CO)OC(C(=O)O)=C[C@@H]1N. The molecule has 0 saturated carbocycles. The van der Waals surface area contributed by atoms with Crippen molar-refractivity contribution in [3.05, 3.63) is 11.8 Å². The van der Waals surface area contributed by atoms with Gasteiger partial charge in [0.2, 0.25) is 5.76 Å². The van der Waals surface area contributed by atoms with Crippen molar-refractivity contribution < 1.29 is 39.5 Å². The molecule has 0 aliphatic carbocycles. The number of alkyl carbamates (subject to hydrolysis) is 1. The van der Waals surface area contributed by atoms with Gasteiger partial charge in [-0.15, -0.1) is 0 Å². The molecular weight excluding hydrogens is 324 g/mol. The normalized spacial score (nSPS) is 26.6. The van der Waals surface area contributed by atoms with Gasteiger partial charge in [-0.1, -0.05) is 0 Å². The molecule has 0 aromatic heterocycles. The maximum Gasteiger partial charge on any atom is 0.408 e. The molecule has 10 nitrogen and oxygen atoms in total. The van der Waals surface area contributed by atoms with Gasteiger partial charge < -0.3 is 41.0 Å². The first kappa shape index (κ1) is 20.2. The predicted molar refractivity (Wildman–Crippen MR) is 80.8 cm³/mol. The van der Waals surface area contributed by atoms with Crippen LogP contribution in [0.1, 0.15) is 20.8 Å². The zero-order valence-corrected chi connectivity index (χ0v) is 13.7. The zero-order chi connectivity index (χ0) is 18.7. The van der Waals surface area contributed by atoms with Crippen molar-refractivity contribution in [3.8, 4) is 0 Å². The Labute approximate surface area is 138 Å². The van der Waals surface area contributed by atoms with Crippen LogP contribution >= 0.6 is 0 Å². The molecule has 1 aliphatic rings. The molecule has 0 bridgehead atoms. The van der Waals surface area contributed by atoms with Crippen LogP contribution in [0.2, 0.25) is 0 Å². The molecule has 0 aromatic rings. The number of aliphatic hydroxyl groups excluding tert-OH is 3. The lowest BCUT2D eigenvalue weighted by molar-refractivity contribution is -0.145. The Morgan fingerprint density at radius 3 is 2.46 bits per heavy atom. The molecule has 10 heteroatoms. The van der Waals surface area contributed by atoms with Crippen molar-refractivity contribution in [1.29, 1.82) is 0 Å². The van der Waals surface area contributed by atoms with Crippen molar-refractivity contribution in [3.63, 3.8) is 0 Å². The van der Waals surface area contributed by atoms with Gasteiger partial charge in [-0.25, -0.2) is 9.59 Å².